The lowest BCUT2D eigenvalue weighted by atomic mass is 10.2. The van der Waals surface area contributed by atoms with Gasteiger partial charge < -0.3 is 10.3 Å². The summed E-state index contributed by atoms with van der Waals surface area (Å²) >= 11 is 5.85. The third-order valence-corrected chi connectivity index (χ3v) is 3.10. The first-order valence-corrected chi connectivity index (χ1v) is 6.16. The van der Waals surface area contributed by atoms with E-state index < -0.39 is 0 Å². The Kier molecular flexibility index (Phi) is 3.12. The van der Waals surface area contributed by atoms with Gasteiger partial charge in [0.1, 0.15) is 5.82 Å². The van der Waals surface area contributed by atoms with Crippen LogP contribution in [0.15, 0.2) is 47.0 Å². The summed E-state index contributed by atoms with van der Waals surface area (Å²) in [7, 11) is 0. The van der Waals surface area contributed by atoms with E-state index in [1.807, 2.05) is 0 Å². The van der Waals surface area contributed by atoms with E-state index in [9.17, 15) is 4.39 Å². The predicted molar refractivity (Wildman–Crippen MR) is 74.6 cm³/mol. The van der Waals surface area contributed by atoms with E-state index in [1.165, 1.54) is 12.1 Å². The number of nitrogen functional groups attached to an aromatic ring is 1. The Bertz CT molecular complexity index is 773. The Balaban J connectivity index is 1.99. The van der Waals surface area contributed by atoms with E-state index in [-0.39, 0.29) is 5.82 Å². The quantitative estimate of drug-likeness (QED) is 0.729. The van der Waals surface area contributed by atoms with Crippen LogP contribution in [0, 0.1) is 5.82 Å². The monoisotopic (exact) mass is 289 g/mol. The fourth-order valence-electron chi connectivity index (χ4n) is 1.76. The van der Waals surface area contributed by atoms with Crippen LogP contribution in [0.1, 0.15) is 0 Å². The minimum atomic E-state index is -0.357. The molecule has 0 amide bonds. The largest absolute Gasteiger partial charge is 0.398 e. The summed E-state index contributed by atoms with van der Waals surface area (Å²) in [6.07, 6.45) is 0. The number of hydrogen-bond donors (Lipinski definition) is 1. The first-order valence-electron chi connectivity index (χ1n) is 5.78. The molecule has 0 spiro atoms. The molecule has 0 fully saturated rings. The summed E-state index contributed by atoms with van der Waals surface area (Å²) < 4.78 is 18.3. The molecule has 0 aliphatic carbocycles. The highest BCUT2D eigenvalue weighted by molar-refractivity contribution is 6.33. The van der Waals surface area contributed by atoms with Crippen LogP contribution in [-0.4, -0.2) is 10.1 Å². The topological polar surface area (TPSA) is 64.9 Å². The van der Waals surface area contributed by atoms with Crippen LogP contribution in [0.5, 0.6) is 0 Å². The van der Waals surface area contributed by atoms with Crippen molar-refractivity contribution in [1.29, 1.82) is 0 Å². The number of rotatable bonds is 2. The number of anilines is 1. The Morgan fingerprint density at radius 3 is 2.70 bits per heavy atom. The van der Waals surface area contributed by atoms with Gasteiger partial charge in [-0.1, -0.05) is 28.9 Å². The Morgan fingerprint density at radius 1 is 1.10 bits per heavy atom. The van der Waals surface area contributed by atoms with Crippen LogP contribution in [0.25, 0.3) is 22.8 Å². The standard InChI is InChI=1S/C14H9ClFN3O/c15-11-5-4-9(7-12(11)17)14-18-13(19-20-14)8-2-1-3-10(16)6-8/h1-7H,17H2. The lowest BCUT2D eigenvalue weighted by molar-refractivity contribution is 0.432. The van der Waals surface area contributed by atoms with Crippen LogP contribution in [-0.2, 0) is 0 Å². The molecule has 0 bridgehead atoms. The average molecular weight is 290 g/mol. The second kappa shape index (κ2) is 4.94. The lowest BCUT2D eigenvalue weighted by Gasteiger charge is -1.98. The Labute approximate surface area is 119 Å². The van der Waals surface area contributed by atoms with Crippen LogP contribution in [0.3, 0.4) is 0 Å². The number of nitrogens with two attached hydrogens (primary N) is 1. The molecule has 0 radical (unpaired) electrons. The molecule has 1 aromatic heterocycles. The summed E-state index contributed by atoms with van der Waals surface area (Å²) in [4.78, 5) is 4.22. The van der Waals surface area contributed by atoms with Crippen molar-refractivity contribution < 1.29 is 8.91 Å². The van der Waals surface area contributed by atoms with Gasteiger partial charge in [0, 0.05) is 11.1 Å². The maximum absolute atomic E-state index is 13.2. The van der Waals surface area contributed by atoms with Gasteiger partial charge in [-0.25, -0.2) is 4.39 Å². The molecule has 1 heterocycles. The highest BCUT2D eigenvalue weighted by Gasteiger charge is 2.12. The fraction of sp³-hybridized carbons (Fsp3) is 0. The molecule has 20 heavy (non-hydrogen) atoms. The average Bonchev–Trinajstić information content (AvgIpc) is 2.92. The highest BCUT2D eigenvalue weighted by atomic mass is 35.5. The van der Waals surface area contributed by atoms with Gasteiger partial charge in [0.25, 0.3) is 5.89 Å². The van der Waals surface area contributed by atoms with Gasteiger partial charge in [0.15, 0.2) is 0 Å². The van der Waals surface area contributed by atoms with Crippen molar-refractivity contribution in [1.82, 2.24) is 10.1 Å². The number of halogens is 2. The number of aromatic nitrogens is 2. The molecule has 0 saturated carbocycles. The lowest BCUT2D eigenvalue weighted by Crippen LogP contribution is -1.87. The minimum absolute atomic E-state index is 0.299. The summed E-state index contributed by atoms with van der Waals surface area (Å²) in [5, 5.41) is 4.29. The predicted octanol–water partition coefficient (Wildman–Crippen LogP) is 3.78. The molecule has 3 rings (SSSR count). The van der Waals surface area contributed by atoms with Crippen molar-refractivity contribution in [2.45, 2.75) is 0 Å². The van der Waals surface area contributed by atoms with Crippen LogP contribution >= 0.6 is 11.6 Å². The number of hydrogen-bond acceptors (Lipinski definition) is 4. The van der Waals surface area contributed by atoms with Crippen molar-refractivity contribution >= 4 is 17.3 Å². The number of benzene rings is 2. The summed E-state index contributed by atoms with van der Waals surface area (Å²) in [6, 6.07) is 11.0. The molecule has 2 aromatic carbocycles. The molecule has 0 aliphatic rings. The molecule has 2 N–H and O–H groups in total. The van der Waals surface area contributed by atoms with Crippen molar-refractivity contribution in [3.05, 3.63) is 53.3 Å². The normalized spacial score (nSPS) is 10.7. The summed E-state index contributed by atoms with van der Waals surface area (Å²) in [5.74, 6) is 0.255. The third kappa shape index (κ3) is 2.35. The second-order valence-corrected chi connectivity index (χ2v) is 4.58. The van der Waals surface area contributed by atoms with E-state index in [0.717, 1.165) is 0 Å². The van der Waals surface area contributed by atoms with Crippen molar-refractivity contribution in [2.24, 2.45) is 0 Å². The summed E-state index contributed by atoms with van der Waals surface area (Å²) in [5.41, 5.74) is 7.35. The molecule has 0 unspecified atom stereocenters. The van der Waals surface area contributed by atoms with Crippen LogP contribution in [0.4, 0.5) is 10.1 Å². The number of nitrogens with zero attached hydrogens (tertiary/aromatic N) is 2. The molecule has 6 heteroatoms. The van der Waals surface area contributed by atoms with Crippen LogP contribution in [0.2, 0.25) is 5.02 Å². The first-order chi connectivity index (χ1) is 9.63. The van der Waals surface area contributed by atoms with E-state index in [1.54, 1.807) is 30.3 Å². The molecular weight excluding hydrogens is 281 g/mol. The van der Waals surface area contributed by atoms with Crippen LogP contribution < -0.4 is 5.73 Å². The van der Waals surface area contributed by atoms with Gasteiger partial charge in [0.05, 0.1) is 10.7 Å². The van der Waals surface area contributed by atoms with Gasteiger partial charge in [-0.05, 0) is 30.3 Å². The minimum Gasteiger partial charge on any atom is -0.398 e. The molecule has 0 aliphatic heterocycles. The zero-order chi connectivity index (χ0) is 14.1. The zero-order valence-corrected chi connectivity index (χ0v) is 10.9. The fourth-order valence-corrected chi connectivity index (χ4v) is 1.88. The van der Waals surface area contributed by atoms with Gasteiger partial charge in [0.2, 0.25) is 5.82 Å². The van der Waals surface area contributed by atoms with Crippen molar-refractivity contribution in [2.75, 3.05) is 5.73 Å². The molecule has 3 aromatic rings. The smallest absolute Gasteiger partial charge is 0.258 e. The van der Waals surface area contributed by atoms with Gasteiger partial charge >= 0.3 is 0 Å². The molecular formula is C14H9ClFN3O. The van der Waals surface area contributed by atoms with E-state index in [4.69, 9.17) is 21.9 Å². The summed E-state index contributed by atoms with van der Waals surface area (Å²) in [6.45, 7) is 0. The van der Waals surface area contributed by atoms with Gasteiger partial charge in [-0.2, -0.15) is 4.98 Å². The van der Waals surface area contributed by atoms with E-state index >= 15 is 0 Å². The zero-order valence-electron chi connectivity index (χ0n) is 10.2. The highest BCUT2D eigenvalue weighted by Crippen LogP contribution is 2.27. The van der Waals surface area contributed by atoms with Gasteiger partial charge in [-0.15, -0.1) is 0 Å². The Morgan fingerprint density at radius 2 is 1.95 bits per heavy atom. The third-order valence-electron chi connectivity index (χ3n) is 2.75. The van der Waals surface area contributed by atoms with Gasteiger partial charge in [-0.3, -0.25) is 0 Å². The first kappa shape index (κ1) is 12.6. The van der Waals surface area contributed by atoms with Crippen molar-refractivity contribution in [3.63, 3.8) is 0 Å². The van der Waals surface area contributed by atoms with E-state index in [2.05, 4.69) is 10.1 Å². The molecule has 0 saturated heterocycles. The molecule has 0 atom stereocenters. The molecule has 100 valence electrons. The Hall–Kier alpha value is -2.40. The SMILES string of the molecule is Nc1cc(-c2nc(-c3cccc(F)c3)no2)ccc1Cl. The van der Waals surface area contributed by atoms with Crippen molar-refractivity contribution in [3.8, 4) is 22.8 Å². The second-order valence-electron chi connectivity index (χ2n) is 4.17. The maximum Gasteiger partial charge on any atom is 0.258 e. The van der Waals surface area contributed by atoms with E-state index in [0.29, 0.717) is 33.6 Å². The maximum atomic E-state index is 13.2. The molecule has 4 nitrogen and oxygen atoms in total.